The number of carbonyl (C=O) groups excluding carboxylic acids is 1. The average Bonchev–Trinajstić information content (AvgIpc) is 3.17. The fourth-order valence-electron chi connectivity index (χ4n) is 3.08. The molecule has 2 atom stereocenters. The number of carboxylic acids is 1. The van der Waals surface area contributed by atoms with Crippen molar-refractivity contribution in [1.29, 1.82) is 0 Å². The van der Waals surface area contributed by atoms with Crippen LogP contribution in [0, 0.1) is 11.8 Å². The lowest BCUT2D eigenvalue weighted by Crippen LogP contribution is -2.46. The topological polar surface area (TPSA) is 57.6 Å². The van der Waals surface area contributed by atoms with Crippen molar-refractivity contribution in [3.8, 4) is 0 Å². The Morgan fingerprint density at radius 2 is 1.85 bits per heavy atom. The van der Waals surface area contributed by atoms with Gasteiger partial charge >= 0.3 is 5.97 Å². The second-order valence-corrected chi connectivity index (χ2v) is 8.35. The molecular formula is C14H21NO3S2. The van der Waals surface area contributed by atoms with E-state index in [1.165, 1.54) is 0 Å². The highest BCUT2D eigenvalue weighted by molar-refractivity contribution is 8.00. The molecule has 1 N–H and O–H groups in total. The monoisotopic (exact) mass is 315 g/mol. The Hall–Kier alpha value is -0.360. The van der Waals surface area contributed by atoms with Crippen LogP contribution in [-0.4, -0.2) is 50.6 Å². The maximum atomic E-state index is 12.6. The Morgan fingerprint density at radius 3 is 2.45 bits per heavy atom. The molecule has 0 aromatic carbocycles. The van der Waals surface area contributed by atoms with Gasteiger partial charge in [0, 0.05) is 12.2 Å². The molecule has 1 aliphatic carbocycles. The van der Waals surface area contributed by atoms with Gasteiger partial charge in [0.25, 0.3) is 0 Å². The molecule has 0 aromatic heterocycles. The van der Waals surface area contributed by atoms with Crippen molar-refractivity contribution in [2.24, 2.45) is 11.8 Å². The Bertz CT molecular complexity index is 394. The predicted octanol–water partition coefficient (Wildman–Crippen LogP) is 2.28. The van der Waals surface area contributed by atoms with E-state index in [-0.39, 0.29) is 11.3 Å². The largest absolute Gasteiger partial charge is 0.480 e. The van der Waals surface area contributed by atoms with Gasteiger partial charge in [-0.25, -0.2) is 4.79 Å². The van der Waals surface area contributed by atoms with Crippen LogP contribution in [0.5, 0.6) is 0 Å². The second-order valence-electron chi connectivity index (χ2n) is 5.98. The van der Waals surface area contributed by atoms with Crippen LogP contribution in [0.4, 0.5) is 0 Å². The molecule has 0 aromatic rings. The molecule has 20 heavy (non-hydrogen) atoms. The molecule has 4 nitrogen and oxygen atoms in total. The molecule has 3 rings (SSSR count). The SMILES string of the molecule is O=C(O)C1CSC(C2CC2)N1C(=O)CC1CCSCC1. The van der Waals surface area contributed by atoms with Gasteiger partial charge in [-0.15, -0.1) is 11.8 Å². The van der Waals surface area contributed by atoms with Crippen LogP contribution in [-0.2, 0) is 9.59 Å². The van der Waals surface area contributed by atoms with E-state index in [4.69, 9.17) is 0 Å². The number of nitrogens with zero attached hydrogens (tertiary/aromatic N) is 1. The fourth-order valence-corrected chi connectivity index (χ4v) is 5.94. The molecule has 1 saturated carbocycles. The van der Waals surface area contributed by atoms with Crippen LogP contribution >= 0.6 is 23.5 Å². The minimum atomic E-state index is -0.840. The molecule has 2 heterocycles. The summed E-state index contributed by atoms with van der Waals surface area (Å²) in [5.41, 5.74) is 0. The van der Waals surface area contributed by atoms with Crippen molar-refractivity contribution in [3.05, 3.63) is 0 Å². The minimum absolute atomic E-state index is 0.0798. The molecule has 6 heteroatoms. The maximum Gasteiger partial charge on any atom is 0.327 e. The summed E-state index contributed by atoms with van der Waals surface area (Å²) < 4.78 is 0. The Morgan fingerprint density at radius 1 is 1.15 bits per heavy atom. The number of aliphatic carboxylic acids is 1. The van der Waals surface area contributed by atoms with Gasteiger partial charge < -0.3 is 10.0 Å². The summed E-state index contributed by atoms with van der Waals surface area (Å²) in [7, 11) is 0. The summed E-state index contributed by atoms with van der Waals surface area (Å²) in [4.78, 5) is 25.7. The Kier molecular flexibility index (Phi) is 4.50. The molecule has 3 fully saturated rings. The van der Waals surface area contributed by atoms with E-state index in [0.29, 0.717) is 24.0 Å². The summed E-state index contributed by atoms with van der Waals surface area (Å²) in [5, 5.41) is 9.47. The van der Waals surface area contributed by atoms with E-state index >= 15 is 0 Å². The van der Waals surface area contributed by atoms with Gasteiger partial charge in [-0.3, -0.25) is 4.79 Å². The van der Waals surface area contributed by atoms with E-state index in [1.807, 2.05) is 11.8 Å². The molecule has 0 spiro atoms. The maximum absolute atomic E-state index is 12.6. The summed E-state index contributed by atoms with van der Waals surface area (Å²) >= 11 is 3.62. The van der Waals surface area contributed by atoms with Crippen molar-refractivity contribution in [2.45, 2.75) is 43.5 Å². The number of hydrogen-bond acceptors (Lipinski definition) is 4. The summed E-state index contributed by atoms with van der Waals surface area (Å²) in [6.45, 7) is 0. The highest BCUT2D eigenvalue weighted by Gasteiger charge is 2.48. The van der Waals surface area contributed by atoms with Crippen molar-refractivity contribution in [3.63, 3.8) is 0 Å². The average molecular weight is 315 g/mol. The minimum Gasteiger partial charge on any atom is -0.480 e. The fraction of sp³-hybridized carbons (Fsp3) is 0.857. The highest BCUT2D eigenvalue weighted by atomic mass is 32.2. The van der Waals surface area contributed by atoms with Gasteiger partial charge in [-0.1, -0.05) is 0 Å². The van der Waals surface area contributed by atoms with Crippen molar-refractivity contribution >= 4 is 35.4 Å². The number of carbonyl (C=O) groups is 2. The molecule has 0 bridgehead atoms. The Balaban J connectivity index is 1.66. The zero-order valence-corrected chi connectivity index (χ0v) is 13.1. The number of carboxylic acid groups (broad SMARTS) is 1. The standard InChI is InChI=1S/C14H21NO3S2/c16-12(7-9-3-5-19-6-4-9)15-11(14(17)18)8-20-13(15)10-1-2-10/h9-11,13H,1-8H2,(H,17,18). The third kappa shape index (κ3) is 3.11. The third-order valence-corrected chi connectivity index (χ3v) is 6.95. The number of thioether (sulfide) groups is 2. The van der Waals surface area contributed by atoms with Gasteiger partial charge in [0.15, 0.2) is 0 Å². The zero-order valence-electron chi connectivity index (χ0n) is 11.5. The van der Waals surface area contributed by atoms with Crippen LogP contribution in [0.25, 0.3) is 0 Å². The van der Waals surface area contributed by atoms with Gasteiger partial charge in [-0.05, 0) is 49.0 Å². The van der Waals surface area contributed by atoms with Crippen LogP contribution < -0.4 is 0 Å². The lowest BCUT2D eigenvalue weighted by molar-refractivity contribution is -0.149. The van der Waals surface area contributed by atoms with Gasteiger partial charge in [0.05, 0.1) is 5.37 Å². The predicted molar refractivity (Wildman–Crippen MR) is 81.9 cm³/mol. The first-order valence-corrected chi connectivity index (χ1v) is 9.60. The van der Waals surface area contributed by atoms with Crippen molar-refractivity contribution < 1.29 is 14.7 Å². The molecule has 3 aliphatic rings. The molecule has 2 saturated heterocycles. The third-order valence-electron chi connectivity index (χ3n) is 4.44. The summed E-state index contributed by atoms with van der Waals surface area (Å²) in [6, 6.07) is -0.601. The van der Waals surface area contributed by atoms with Gasteiger partial charge in [0.1, 0.15) is 6.04 Å². The number of amides is 1. The smallest absolute Gasteiger partial charge is 0.327 e. The first-order chi connectivity index (χ1) is 9.66. The molecule has 1 amide bonds. The zero-order chi connectivity index (χ0) is 14.1. The van der Waals surface area contributed by atoms with E-state index in [0.717, 1.165) is 37.2 Å². The van der Waals surface area contributed by atoms with Gasteiger partial charge in [0.2, 0.25) is 5.91 Å². The van der Waals surface area contributed by atoms with Crippen LogP contribution in [0.3, 0.4) is 0 Å². The molecule has 2 aliphatic heterocycles. The van der Waals surface area contributed by atoms with E-state index in [9.17, 15) is 14.7 Å². The van der Waals surface area contributed by atoms with Gasteiger partial charge in [-0.2, -0.15) is 11.8 Å². The molecular weight excluding hydrogens is 294 g/mol. The number of rotatable bonds is 4. The quantitative estimate of drug-likeness (QED) is 0.862. The van der Waals surface area contributed by atoms with Crippen molar-refractivity contribution in [1.82, 2.24) is 4.90 Å². The lowest BCUT2D eigenvalue weighted by atomic mass is 9.97. The van der Waals surface area contributed by atoms with Crippen molar-refractivity contribution in [2.75, 3.05) is 17.3 Å². The summed E-state index contributed by atoms with van der Waals surface area (Å²) in [5.74, 6) is 3.08. The Labute approximate surface area is 128 Å². The van der Waals surface area contributed by atoms with E-state index < -0.39 is 12.0 Å². The molecule has 112 valence electrons. The first-order valence-electron chi connectivity index (χ1n) is 7.40. The normalized spacial score (nSPS) is 31.5. The highest BCUT2D eigenvalue weighted by Crippen LogP contribution is 2.46. The summed E-state index contributed by atoms with van der Waals surface area (Å²) in [6.07, 6.45) is 5.04. The van der Waals surface area contributed by atoms with Crippen LogP contribution in [0.1, 0.15) is 32.1 Å². The van der Waals surface area contributed by atoms with E-state index in [1.54, 1.807) is 16.7 Å². The second kappa shape index (κ2) is 6.18. The lowest BCUT2D eigenvalue weighted by Gasteiger charge is -2.30. The van der Waals surface area contributed by atoms with Crippen LogP contribution in [0.2, 0.25) is 0 Å². The van der Waals surface area contributed by atoms with Crippen LogP contribution in [0.15, 0.2) is 0 Å². The van der Waals surface area contributed by atoms with E-state index in [2.05, 4.69) is 0 Å². The number of hydrogen-bond donors (Lipinski definition) is 1. The first kappa shape index (κ1) is 14.6. The molecule has 0 radical (unpaired) electrons. The molecule has 2 unspecified atom stereocenters.